The van der Waals surface area contributed by atoms with Gasteiger partial charge in [0.05, 0.1) is 17.4 Å². The van der Waals surface area contributed by atoms with Crippen molar-refractivity contribution in [1.29, 1.82) is 0 Å². The molecule has 1 amide bonds. The van der Waals surface area contributed by atoms with Crippen molar-refractivity contribution >= 4 is 17.5 Å². The fourth-order valence-electron chi connectivity index (χ4n) is 3.20. The van der Waals surface area contributed by atoms with Gasteiger partial charge in [0, 0.05) is 6.04 Å². The van der Waals surface area contributed by atoms with E-state index in [1.165, 1.54) is 18.0 Å². The van der Waals surface area contributed by atoms with Crippen LogP contribution in [0.4, 0.5) is 0 Å². The smallest absolute Gasteiger partial charge is 0.316 e. The minimum absolute atomic E-state index is 0.0239. The van der Waals surface area contributed by atoms with E-state index < -0.39 is 0 Å². The summed E-state index contributed by atoms with van der Waals surface area (Å²) in [5.74, 6) is 1.08. The zero-order valence-electron chi connectivity index (χ0n) is 16.2. The van der Waals surface area contributed by atoms with E-state index in [2.05, 4.69) is 29.1 Å². The molecule has 0 bridgehead atoms. The van der Waals surface area contributed by atoms with Crippen LogP contribution in [-0.2, 0) is 4.79 Å². The molecule has 0 radical (unpaired) electrons. The van der Waals surface area contributed by atoms with Gasteiger partial charge >= 0.3 is 6.01 Å². The molecule has 7 heteroatoms. The first kappa shape index (κ1) is 20.4. The lowest BCUT2D eigenvalue weighted by Gasteiger charge is -2.28. The van der Waals surface area contributed by atoms with Crippen molar-refractivity contribution in [3.8, 4) is 11.8 Å². The van der Waals surface area contributed by atoms with Gasteiger partial charge in [0.15, 0.2) is 6.61 Å². The van der Waals surface area contributed by atoms with Gasteiger partial charge in [-0.05, 0) is 49.3 Å². The van der Waals surface area contributed by atoms with Gasteiger partial charge in [-0.2, -0.15) is 0 Å². The fraction of sp³-hybridized carbons (Fsp3) is 0.476. The Labute approximate surface area is 170 Å². The summed E-state index contributed by atoms with van der Waals surface area (Å²) in [6.07, 6.45) is 6.49. The number of carbonyl (C=O) groups excluding carboxylic acids is 1. The molecule has 0 spiro atoms. The molecule has 28 heavy (non-hydrogen) atoms. The van der Waals surface area contributed by atoms with Crippen molar-refractivity contribution in [2.24, 2.45) is 0 Å². The summed E-state index contributed by atoms with van der Waals surface area (Å²) in [6, 6.07) is 8.36. The first-order chi connectivity index (χ1) is 13.5. The predicted octanol–water partition coefficient (Wildman–Crippen LogP) is 4.14. The molecular formula is C21H26ClN3O3. The highest BCUT2D eigenvalue weighted by Gasteiger charge is 2.24. The van der Waals surface area contributed by atoms with Gasteiger partial charge in [0.1, 0.15) is 11.9 Å². The monoisotopic (exact) mass is 403 g/mol. The summed E-state index contributed by atoms with van der Waals surface area (Å²) in [7, 11) is 0. The van der Waals surface area contributed by atoms with Gasteiger partial charge in [-0.3, -0.25) is 4.79 Å². The lowest BCUT2D eigenvalue weighted by Crippen LogP contribution is -2.41. The molecule has 1 heterocycles. The molecule has 0 aliphatic heterocycles. The maximum atomic E-state index is 12.2. The van der Waals surface area contributed by atoms with Gasteiger partial charge in [0.25, 0.3) is 5.91 Å². The second kappa shape index (κ2) is 9.73. The number of nitrogens with zero attached hydrogens (tertiary/aromatic N) is 2. The summed E-state index contributed by atoms with van der Waals surface area (Å²) in [5.41, 5.74) is 1.25. The number of ether oxygens (including phenoxy) is 2. The van der Waals surface area contributed by atoms with Gasteiger partial charge in [-0.15, -0.1) is 0 Å². The molecule has 1 aliphatic carbocycles. The maximum absolute atomic E-state index is 12.2. The third-order valence-corrected chi connectivity index (χ3v) is 5.02. The van der Waals surface area contributed by atoms with Crippen molar-refractivity contribution in [3.63, 3.8) is 0 Å². The molecule has 0 unspecified atom stereocenters. The Morgan fingerprint density at radius 1 is 1.14 bits per heavy atom. The van der Waals surface area contributed by atoms with Crippen LogP contribution in [0.3, 0.4) is 0 Å². The number of hydrogen-bond acceptors (Lipinski definition) is 5. The van der Waals surface area contributed by atoms with Crippen molar-refractivity contribution in [3.05, 3.63) is 47.2 Å². The van der Waals surface area contributed by atoms with Crippen LogP contribution in [-0.4, -0.2) is 34.6 Å². The molecule has 2 aromatic rings. The zero-order valence-corrected chi connectivity index (χ0v) is 17.0. The van der Waals surface area contributed by atoms with E-state index in [9.17, 15) is 4.79 Å². The standard InChI is InChI=1S/C21H26ClN3O3/c1-14(2)15-3-7-18(8-4-15)27-13-20(26)25-17-5-9-19(10-6-17)28-21-23-11-16(22)12-24-21/h3-4,7-8,11-12,14,17,19H,5-6,9-10,13H2,1-2H3,(H,25,26). The molecule has 1 fully saturated rings. The molecule has 1 aliphatic rings. The Balaban J connectivity index is 1.37. The highest BCUT2D eigenvalue weighted by molar-refractivity contribution is 6.30. The Morgan fingerprint density at radius 2 is 1.79 bits per heavy atom. The Morgan fingerprint density at radius 3 is 2.39 bits per heavy atom. The SMILES string of the molecule is CC(C)c1ccc(OCC(=O)NC2CCC(Oc3ncc(Cl)cn3)CC2)cc1. The fourth-order valence-corrected chi connectivity index (χ4v) is 3.30. The first-order valence-electron chi connectivity index (χ1n) is 9.66. The number of halogens is 1. The van der Waals surface area contributed by atoms with Crippen molar-refractivity contribution in [1.82, 2.24) is 15.3 Å². The van der Waals surface area contributed by atoms with E-state index in [0.29, 0.717) is 22.7 Å². The topological polar surface area (TPSA) is 73.3 Å². The molecular weight excluding hydrogens is 378 g/mol. The average Bonchev–Trinajstić information content (AvgIpc) is 2.70. The van der Waals surface area contributed by atoms with Crippen LogP contribution in [0.1, 0.15) is 51.0 Å². The quantitative estimate of drug-likeness (QED) is 0.752. The largest absolute Gasteiger partial charge is 0.484 e. The third-order valence-electron chi connectivity index (χ3n) is 4.82. The number of benzene rings is 1. The molecule has 0 atom stereocenters. The van der Waals surface area contributed by atoms with E-state index in [1.54, 1.807) is 0 Å². The summed E-state index contributed by atoms with van der Waals surface area (Å²) in [5, 5.41) is 3.53. The molecule has 0 saturated heterocycles. The van der Waals surface area contributed by atoms with Gasteiger partial charge in [-0.1, -0.05) is 37.6 Å². The van der Waals surface area contributed by atoms with Crippen molar-refractivity contribution < 1.29 is 14.3 Å². The molecule has 1 aromatic heterocycles. The first-order valence-corrected chi connectivity index (χ1v) is 10.0. The maximum Gasteiger partial charge on any atom is 0.316 e. The van der Waals surface area contributed by atoms with Crippen LogP contribution in [0.15, 0.2) is 36.7 Å². The van der Waals surface area contributed by atoms with E-state index in [1.807, 2.05) is 24.3 Å². The second-order valence-electron chi connectivity index (χ2n) is 7.36. The normalized spacial score (nSPS) is 19.3. The molecule has 6 nitrogen and oxygen atoms in total. The van der Waals surface area contributed by atoms with E-state index in [-0.39, 0.29) is 24.7 Å². The lowest BCUT2D eigenvalue weighted by molar-refractivity contribution is -0.124. The lowest BCUT2D eigenvalue weighted by atomic mass is 9.93. The highest BCUT2D eigenvalue weighted by atomic mass is 35.5. The average molecular weight is 404 g/mol. The second-order valence-corrected chi connectivity index (χ2v) is 7.79. The van der Waals surface area contributed by atoms with E-state index in [0.717, 1.165) is 25.7 Å². The molecule has 1 saturated carbocycles. The van der Waals surface area contributed by atoms with Crippen molar-refractivity contribution in [2.75, 3.05) is 6.61 Å². The van der Waals surface area contributed by atoms with Crippen LogP contribution >= 0.6 is 11.6 Å². The third kappa shape index (κ3) is 6.09. The summed E-state index contributed by atoms with van der Waals surface area (Å²) < 4.78 is 11.4. The Hall–Kier alpha value is -2.34. The summed E-state index contributed by atoms with van der Waals surface area (Å²) in [4.78, 5) is 20.3. The van der Waals surface area contributed by atoms with Gasteiger partial charge < -0.3 is 14.8 Å². The number of nitrogens with one attached hydrogen (secondary N) is 1. The van der Waals surface area contributed by atoms with Crippen LogP contribution in [0.2, 0.25) is 5.02 Å². The molecule has 3 rings (SSSR count). The minimum Gasteiger partial charge on any atom is -0.484 e. The number of amides is 1. The summed E-state index contributed by atoms with van der Waals surface area (Å²) >= 11 is 5.78. The summed E-state index contributed by atoms with van der Waals surface area (Å²) in [6.45, 7) is 4.31. The Bertz CT molecular complexity index is 757. The van der Waals surface area contributed by atoms with Crippen molar-refractivity contribution in [2.45, 2.75) is 57.6 Å². The number of aromatic nitrogens is 2. The molecule has 1 aromatic carbocycles. The van der Waals surface area contributed by atoms with Crippen LogP contribution in [0.25, 0.3) is 0 Å². The zero-order chi connectivity index (χ0) is 19.9. The van der Waals surface area contributed by atoms with Crippen LogP contribution < -0.4 is 14.8 Å². The number of rotatable bonds is 7. The van der Waals surface area contributed by atoms with E-state index >= 15 is 0 Å². The number of hydrogen-bond donors (Lipinski definition) is 1. The van der Waals surface area contributed by atoms with Gasteiger partial charge in [0.2, 0.25) is 0 Å². The van der Waals surface area contributed by atoms with E-state index in [4.69, 9.17) is 21.1 Å². The molecule has 1 N–H and O–H groups in total. The Kier molecular flexibility index (Phi) is 7.09. The number of carbonyl (C=O) groups is 1. The van der Waals surface area contributed by atoms with Crippen LogP contribution in [0, 0.1) is 0 Å². The highest BCUT2D eigenvalue weighted by Crippen LogP contribution is 2.23. The predicted molar refractivity (Wildman–Crippen MR) is 108 cm³/mol. The van der Waals surface area contributed by atoms with Gasteiger partial charge in [-0.25, -0.2) is 9.97 Å². The molecule has 150 valence electrons. The minimum atomic E-state index is -0.0988. The van der Waals surface area contributed by atoms with Crippen LogP contribution in [0.5, 0.6) is 11.8 Å².